The highest BCUT2D eigenvalue weighted by Crippen LogP contribution is 2.22. The number of hydrogen-bond acceptors (Lipinski definition) is 3. The van der Waals surface area contributed by atoms with Gasteiger partial charge in [-0.3, -0.25) is 4.79 Å². The van der Waals surface area contributed by atoms with Gasteiger partial charge in [-0.2, -0.15) is 0 Å². The Kier molecular flexibility index (Phi) is 4.33. The van der Waals surface area contributed by atoms with Crippen LogP contribution in [0.25, 0.3) is 0 Å². The lowest BCUT2D eigenvalue weighted by Crippen LogP contribution is -2.34. The molecule has 0 spiro atoms. The van der Waals surface area contributed by atoms with Crippen molar-refractivity contribution in [1.29, 1.82) is 0 Å². The third-order valence-corrected chi connectivity index (χ3v) is 2.49. The minimum atomic E-state index is -0.505. The zero-order valence-corrected chi connectivity index (χ0v) is 10.8. The van der Waals surface area contributed by atoms with Gasteiger partial charge in [-0.1, -0.05) is 20.8 Å². The standard InChI is InChI=1S/C12H23NO3/c1-11(2,3)9-10(14)13-6-5-12(4)15-7-8-16-12/h5-9H2,1-4H3,(H,13,14). The maximum atomic E-state index is 11.5. The average molecular weight is 229 g/mol. The molecule has 0 saturated carbocycles. The second kappa shape index (κ2) is 5.15. The fourth-order valence-corrected chi connectivity index (χ4v) is 1.67. The van der Waals surface area contributed by atoms with Crippen molar-refractivity contribution < 1.29 is 14.3 Å². The molecule has 1 amide bonds. The number of carbonyl (C=O) groups excluding carboxylic acids is 1. The van der Waals surface area contributed by atoms with Gasteiger partial charge in [0.1, 0.15) is 0 Å². The summed E-state index contributed by atoms with van der Waals surface area (Å²) in [5.41, 5.74) is 0.0361. The number of amides is 1. The first kappa shape index (κ1) is 13.5. The van der Waals surface area contributed by atoms with E-state index in [0.29, 0.717) is 32.6 Å². The quantitative estimate of drug-likeness (QED) is 0.798. The van der Waals surface area contributed by atoms with Gasteiger partial charge in [0.15, 0.2) is 5.79 Å². The predicted molar refractivity (Wildman–Crippen MR) is 62.0 cm³/mol. The van der Waals surface area contributed by atoms with Crippen molar-refractivity contribution >= 4 is 5.91 Å². The van der Waals surface area contributed by atoms with Crippen molar-refractivity contribution in [3.63, 3.8) is 0 Å². The third kappa shape index (κ3) is 4.94. The molecule has 1 heterocycles. The van der Waals surface area contributed by atoms with Crippen LogP contribution in [0.5, 0.6) is 0 Å². The van der Waals surface area contributed by atoms with Gasteiger partial charge >= 0.3 is 0 Å². The van der Waals surface area contributed by atoms with Crippen molar-refractivity contribution in [1.82, 2.24) is 5.32 Å². The first-order valence-corrected chi connectivity index (χ1v) is 5.85. The number of hydrogen-bond donors (Lipinski definition) is 1. The third-order valence-electron chi connectivity index (χ3n) is 2.49. The largest absolute Gasteiger partial charge is 0.356 e. The molecule has 0 bridgehead atoms. The van der Waals surface area contributed by atoms with Gasteiger partial charge in [0, 0.05) is 19.4 Å². The van der Waals surface area contributed by atoms with Crippen LogP contribution in [0.15, 0.2) is 0 Å². The van der Waals surface area contributed by atoms with Crippen molar-refractivity contribution in [2.24, 2.45) is 5.41 Å². The van der Waals surface area contributed by atoms with Crippen LogP contribution in [0, 0.1) is 5.41 Å². The molecule has 0 radical (unpaired) electrons. The number of carbonyl (C=O) groups is 1. The van der Waals surface area contributed by atoms with E-state index < -0.39 is 5.79 Å². The molecule has 1 fully saturated rings. The summed E-state index contributed by atoms with van der Waals surface area (Å²) in [5, 5.41) is 2.89. The van der Waals surface area contributed by atoms with Gasteiger partial charge in [0.05, 0.1) is 13.2 Å². The summed E-state index contributed by atoms with van der Waals surface area (Å²) in [4.78, 5) is 11.5. The number of rotatable bonds is 4. The molecular formula is C12H23NO3. The SMILES string of the molecule is CC(C)(C)CC(=O)NCCC1(C)OCCO1. The Morgan fingerprint density at radius 3 is 2.38 bits per heavy atom. The minimum absolute atomic E-state index is 0.0361. The van der Waals surface area contributed by atoms with Gasteiger partial charge in [0.25, 0.3) is 0 Å². The highest BCUT2D eigenvalue weighted by molar-refractivity contribution is 5.76. The van der Waals surface area contributed by atoms with Gasteiger partial charge in [-0.05, 0) is 12.3 Å². The number of nitrogens with one attached hydrogen (secondary N) is 1. The maximum Gasteiger partial charge on any atom is 0.220 e. The topological polar surface area (TPSA) is 47.6 Å². The molecule has 4 nitrogen and oxygen atoms in total. The molecule has 0 aliphatic carbocycles. The van der Waals surface area contributed by atoms with Gasteiger partial charge in [0.2, 0.25) is 5.91 Å². The molecular weight excluding hydrogens is 206 g/mol. The Morgan fingerprint density at radius 2 is 1.88 bits per heavy atom. The Morgan fingerprint density at radius 1 is 1.31 bits per heavy atom. The fourth-order valence-electron chi connectivity index (χ4n) is 1.67. The van der Waals surface area contributed by atoms with Gasteiger partial charge < -0.3 is 14.8 Å². The monoisotopic (exact) mass is 229 g/mol. The maximum absolute atomic E-state index is 11.5. The molecule has 1 N–H and O–H groups in total. The summed E-state index contributed by atoms with van der Waals surface area (Å²) in [6, 6.07) is 0. The van der Waals surface area contributed by atoms with Crippen LogP contribution < -0.4 is 5.32 Å². The summed E-state index contributed by atoms with van der Waals surface area (Å²) < 4.78 is 10.9. The van der Waals surface area contributed by atoms with E-state index in [2.05, 4.69) is 26.1 Å². The predicted octanol–water partition coefficient (Wildman–Crippen LogP) is 1.69. The van der Waals surface area contributed by atoms with E-state index in [9.17, 15) is 4.79 Å². The molecule has 0 unspecified atom stereocenters. The van der Waals surface area contributed by atoms with Crippen LogP contribution in [0.3, 0.4) is 0 Å². The van der Waals surface area contributed by atoms with Crippen molar-refractivity contribution in [2.75, 3.05) is 19.8 Å². The fraction of sp³-hybridized carbons (Fsp3) is 0.917. The molecule has 1 saturated heterocycles. The Labute approximate surface area is 97.7 Å². The molecule has 0 aromatic heterocycles. The summed E-state index contributed by atoms with van der Waals surface area (Å²) in [7, 11) is 0. The van der Waals surface area contributed by atoms with E-state index in [4.69, 9.17) is 9.47 Å². The number of ether oxygens (including phenoxy) is 2. The lowest BCUT2D eigenvalue weighted by molar-refractivity contribution is -0.146. The van der Waals surface area contributed by atoms with Crippen molar-refractivity contribution in [2.45, 2.75) is 46.3 Å². The molecule has 1 aliphatic rings. The smallest absolute Gasteiger partial charge is 0.220 e. The normalized spacial score (nSPS) is 19.8. The van der Waals surface area contributed by atoms with E-state index in [-0.39, 0.29) is 11.3 Å². The first-order chi connectivity index (χ1) is 7.31. The molecule has 0 aromatic carbocycles. The molecule has 16 heavy (non-hydrogen) atoms. The van der Waals surface area contributed by atoms with E-state index in [0.717, 1.165) is 0 Å². The minimum Gasteiger partial charge on any atom is -0.356 e. The Bertz CT molecular complexity index is 239. The zero-order chi connectivity index (χ0) is 12.2. The average Bonchev–Trinajstić information content (AvgIpc) is 2.49. The Hall–Kier alpha value is -0.610. The van der Waals surface area contributed by atoms with Crippen molar-refractivity contribution in [3.05, 3.63) is 0 Å². The van der Waals surface area contributed by atoms with E-state index in [1.54, 1.807) is 0 Å². The van der Waals surface area contributed by atoms with E-state index in [1.807, 2.05) is 6.92 Å². The second-order valence-electron chi connectivity index (χ2n) is 5.67. The lowest BCUT2D eigenvalue weighted by atomic mass is 9.92. The first-order valence-electron chi connectivity index (χ1n) is 5.85. The summed E-state index contributed by atoms with van der Waals surface area (Å²) in [5.74, 6) is -0.413. The van der Waals surface area contributed by atoms with Crippen LogP contribution in [0.1, 0.15) is 40.5 Å². The molecule has 94 valence electrons. The second-order valence-corrected chi connectivity index (χ2v) is 5.67. The molecule has 0 aromatic rings. The summed E-state index contributed by atoms with van der Waals surface area (Å²) in [6.07, 6.45) is 1.24. The zero-order valence-electron chi connectivity index (χ0n) is 10.8. The van der Waals surface area contributed by atoms with Gasteiger partial charge in [-0.25, -0.2) is 0 Å². The molecule has 1 aliphatic heterocycles. The van der Waals surface area contributed by atoms with Crippen LogP contribution in [0.4, 0.5) is 0 Å². The summed E-state index contributed by atoms with van der Waals surface area (Å²) >= 11 is 0. The van der Waals surface area contributed by atoms with Crippen LogP contribution >= 0.6 is 0 Å². The van der Waals surface area contributed by atoms with Gasteiger partial charge in [-0.15, -0.1) is 0 Å². The lowest BCUT2D eigenvalue weighted by Gasteiger charge is -2.23. The van der Waals surface area contributed by atoms with Crippen LogP contribution in [-0.4, -0.2) is 31.5 Å². The molecule has 4 heteroatoms. The van der Waals surface area contributed by atoms with Crippen LogP contribution in [0.2, 0.25) is 0 Å². The van der Waals surface area contributed by atoms with Crippen molar-refractivity contribution in [3.8, 4) is 0 Å². The van der Waals surface area contributed by atoms with E-state index in [1.165, 1.54) is 0 Å². The molecule has 0 atom stereocenters. The van der Waals surface area contributed by atoms with E-state index >= 15 is 0 Å². The molecule has 1 rings (SSSR count). The summed E-state index contributed by atoms with van der Waals surface area (Å²) in [6.45, 7) is 9.96. The highest BCUT2D eigenvalue weighted by Gasteiger charge is 2.30. The van der Waals surface area contributed by atoms with Crippen LogP contribution in [-0.2, 0) is 14.3 Å². The highest BCUT2D eigenvalue weighted by atomic mass is 16.7. The Balaban J connectivity index is 2.18.